The smallest absolute Gasteiger partial charge is 0.416 e. The fraction of sp³-hybridized carbons (Fsp3) is 0.625. The van der Waals surface area contributed by atoms with Crippen molar-refractivity contribution in [2.45, 2.75) is 85.7 Å². The largest absolute Gasteiger partial charge is 0.497 e. The van der Waals surface area contributed by atoms with Gasteiger partial charge in [0.2, 0.25) is 5.67 Å². The highest BCUT2D eigenvalue weighted by Gasteiger charge is 2.57. The molecule has 0 aliphatic carbocycles. The van der Waals surface area contributed by atoms with E-state index in [1.807, 2.05) is 30.6 Å². The summed E-state index contributed by atoms with van der Waals surface area (Å²) in [5, 5.41) is 0. The molecular formula is C40H51F4IN4O6. The number of anilines is 1. The molecule has 0 saturated carbocycles. The maximum Gasteiger partial charge on any atom is 0.416 e. The maximum absolute atomic E-state index is 17.9. The molecule has 10 nitrogen and oxygen atoms in total. The fourth-order valence-corrected chi connectivity index (χ4v) is 9.70. The van der Waals surface area contributed by atoms with Gasteiger partial charge in [0.05, 0.1) is 25.7 Å². The summed E-state index contributed by atoms with van der Waals surface area (Å²) in [4.78, 5) is 46.7. The molecule has 15 heteroatoms. The topological polar surface area (TPSA) is 91.9 Å². The first-order valence-corrected chi connectivity index (χ1v) is 20.2. The first kappa shape index (κ1) is 41.3. The Morgan fingerprint density at radius 2 is 1.51 bits per heavy atom. The summed E-state index contributed by atoms with van der Waals surface area (Å²) < 4.78 is 75.6. The van der Waals surface area contributed by atoms with Crippen LogP contribution in [0.3, 0.4) is 0 Å². The van der Waals surface area contributed by atoms with Crippen LogP contribution < -0.4 is 9.64 Å². The number of alkyl halides is 5. The number of piperidine rings is 2. The number of halogens is 5. The Labute approximate surface area is 333 Å². The highest BCUT2D eigenvalue weighted by Crippen LogP contribution is 2.46. The SMILES string of the molecule is COC(=O)C1CCN(c2cc(C(F)(F)F)ccc2C2CN(C(=O)[C@]3(F)CN(C4CCN(C(=O)OC(C)(C)C)CC4)C[C@H]3c3ccc(OC)cc3)C[C@@H]2I)CC1. The maximum atomic E-state index is 17.9. The molecule has 0 aromatic heterocycles. The lowest BCUT2D eigenvalue weighted by atomic mass is 9.85. The third-order valence-electron chi connectivity index (χ3n) is 11.6. The van der Waals surface area contributed by atoms with E-state index in [1.54, 1.807) is 41.2 Å². The number of esters is 1. The van der Waals surface area contributed by atoms with E-state index in [0.29, 0.717) is 81.0 Å². The van der Waals surface area contributed by atoms with Gasteiger partial charge in [0, 0.05) is 79.8 Å². The lowest BCUT2D eigenvalue weighted by Crippen LogP contribution is -2.51. The van der Waals surface area contributed by atoms with E-state index >= 15 is 4.39 Å². The van der Waals surface area contributed by atoms with Crippen LogP contribution in [0.15, 0.2) is 42.5 Å². The molecule has 2 amide bonds. The van der Waals surface area contributed by atoms with E-state index in [-0.39, 0.29) is 53.5 Å². The van der Waals surface area contributed by atoms with Crippen molar-refractivity contribution >= 4 is 46.2 Å². The number of carbonyl (C=O) groups excluding carboxylic acids is 3. The average molecular weight is 887 g/mol. The summed E-state index contributed by atoms with van der Waals surface area (Å²) in [6, 6.07) is 10.8. The fourth-order valence-electron chi connectivity index (χ4n) is 8.61. The van der Waals surface area contributed by atoms with Crippen LogP contribution in [0.1, 0.15) is 75.0 Å². The summed E-state index contributed by atoms with van der Waals surface area (Å²) in [6.07, 6.45) is -2.84. The van der Waals surface area contributed by atoms with Crippen molar-refractivity contribution in [3.63, 3.8) is 0 Å². The Hall–Kier alpha value is -3.34. The predicted molar refractivity (Wildman–Crippen MR) is 208 cm³/mol. The molecule has 0 N–H and O–H groups in total. The van der Waals surface area contributed by atoms with Crippen molar-refractivity contribution in [1.29, 1.82) is 0 Å². The van der Waals surface area contributed by atoms with Crippen LogP contribution in [0, 0.1) is 5.92 Å². The van der Waals surface area contributed by atoms with Gasteiger partial charge in [0.25, 0.3) is 5.91 Å². The number of hydrogen-bond acceptors (Lipinski definition) is 8. The Bertz CT molecular complexity index is 1710. The number of likely N-dealkylation sites (tertiary alicyclic amines) is 3. The second-order valence-electron chi connectivity index (χ2n) is 16.2. The monoisotopic (exact) mass is 886 g/mol. The van der Waals surface area contributed by atoms with Gasteiger partial charge in [-0.05, 0) is 81.8 Å². The zero-order chi connectivity index (χ0) is 39.9. The van der Waals surface area contributed by atoms with Crippen LogP contribution in [-0.4, -0.2) is 120 Å². The van der Waals surface area contributed by atoms with Crippen LogP contribution in [-0.2, 0) is 25.2 Å². The molecule has 4 heterocycles. The van der Waals surface area contributed by atoms with Crippen molar-refractivity contribution < 1.29 is 46.2 Å². The van der Waals surface area contributed by atoms with E-state index in [2.05, 4.69) is 22.6 Å². The molecule has 6 rings (SSSR count). The molecule has 4 aliphatic rings. The van der Waals surface area contributed by atoms with Gasteiger partial charge >= 0.3 is 18.2 Å². The zero-order valence-electron chi connectivity index (χ0n) is 32.0. The third-order valence-corrected chi connectivity index (χ3v) is 12.8. The lowest BCUT2D eigenvalue weighted by molar-refractivity contribution is -0.146. The van der Waals surface area contributed by atoms with E-state index in [0.717, 1.165) is 6.07 Å². The van der Waals surface area contributed by atoms with Gasteiger partial charge in [-0.1, -0.05) is 40.8 Å². The number of methoxy groups -OCH3 is 2. The molecule has 55 heavy (non-hydrogen) atoms. The molecule has 4 atom stereocenters. The van der Waals surface area contributed by atoms with E-state index in [4.69, 9.17) is 14.2 Å². The molecule has 4 fully saturated rings. The van der Waals surface area contributed by atoms with Gasteiger partial charge in [-0.25, -0.2) is 9.18 Å². The quantitative estimate of drug-likeness (QED) is 0.127. The van der Waals surface area contributed by atoms with Crippen molar-refractivity contribution in [2.24, 2.45) is 5.92 Å². The van der Waals surface area contributed by atoms with E-state index in [1.165, 1.54) is 19.2 Å². The van der Waals surface area contributed by atoms with E-state index < -0.39 is 34.8 Å². The second-order valence-corrected chi connectivity index (χ2v) is 17.8. The average Bonchev–Trinajstić information content (AvgIpc) is 3.73. The van der Waals surface area contributed by atoms with Gasteiger partial charge < -0.3 is 28.9 Å². The van der Waals surface area contributed by atoms with Crippen LogP contribution in [0.4, 0.5) is 28.0 Å². The summed E-state index contributed by atoms with van der Waals surface area (Å²) in [5.41, 5.74) is -1.90. The highest BCUT2D eigenvalue weighted by atomic mass is 127. The Balaban J connectivity index is 1.23. The van der Waals surface area contributed by atoms with Crippen molar-refractivity contribution in [1.82, 2.24) is 14.7 Å². The summed E-state index contributed by atoms with van der Waals surface area (Å²) in [6.45, 7) is 7.70. The minimum absolute atomic E-state index is 0.0495. The first-order valence-electron chi connectivity index (χ1n) is 18.9. The van der Waals surface area contributed by atoms with Crippen molar-refractivity contribution in [3.05, 3.63) is 59.2 Å². The number of rotatable bonds is 7. The number of nitrogens with zero attached hydrogens (tertiary/aromatic N) is 4. The Morgan fingerprint density at radius 1 is 0.855 bits per heavy atom. The zero-order valence-corrected chi connectivity index (χ0v) is 34.2. The lowest BCUT2D eigenvalue weighted by Gasteiger charge is -2.37. The molecule has 0 spiro atoms. The van der Waals surface area contributed by atoms with Crippen LogP contribution >= 0.6 is 22.6 Å². The van der Waals surface area contributed by atoms with Crippen molar-refractivity contribution in [2.75, 3.05) is 71.5 Å². The van der Waals surface area contributed by atoms with E-state index in [9.17, 15) is 27.6 Å². The number of amides is 2. The Kier molecular flexibility index (Phi) is 12.2. The number of benzene rings is 2. The van der Waals surface area contributed by atoms with Crippen LogP contribution in [0.2, 0.25) is 0 Å². The summed E-state index contributed by atoms with van der Waals surface area (Å²) >= 11 is 2.24. The molecule has 1 unspecified atom stereocenters. The molecular weight excluding hydrogens is 835 g/mol. The molecule has 2 aromatic rings. The number of hydrogen-bond donors (Lipinski definition) is 0. The van der Waals surface area contributed by atoms with Gasteiger partial charge in [-0.2, -0.15) is 13.2 Å². The van der Waals surface area contributed by atoms with Crippen molar-refractivity contribution in [3.8, 4) is 5.75 Å². The number of carbonyl (C=O) groups is 3. The van der Waals surface area contributed by atoms with Gasteiger partial charge in [-0.3, -0.25) is 14.5 Å². The summed E-state index contributed by atoms with van der Waals surface area (Å²) in [5.74, 6) is -1.79. The molecule has 302 valence electrons. The van der Waals surface area contributed by atoms with Gasteiger partial charge in [0.1, 0.15) is 11.4 Å². The van der Waals surface area contributed by atoms with Crippen LogP contribution in [0.5, 0.6) is 5.75 Å². The van der Waals surface area contributed by atoms with Gasteiger partial charge in [-0.15, -0.1) is 0 Å². The highest BCUT2D eigenvalue weighted by molar-refractivity contribution is 14.1. The normalized spacial score (nSPS) is 26.0. The second kappa shape index (κ2) is 16.3. The third kappa shape index (κ3) is 8.97. The molecule has 4 aliphatic heterocycles. The first-order chi connectivity index (χ1) is 25.9. The molecule has 0 bridgehead atoms. The molecule has 0 radical (unpaired) electrons. The van der Waals surface area contributed by atoms with Crippen LogP contribution in [0.25, 0.3) is 0 Å². The summed E-state index contributed by atoms with van der Waals surface area (Å²) in [7, 11) is 2.88. The predicted octanol–water partition coefficient (Wildman–Crippen LogP) is 7.04. The Morgan fingerprint density at radius 3 is 2.09 bits per heavy atom. The molecule has 4 saturated heterocycles. The minimum atomic E-state index is -4.56. The molecule has 2 aromatic carbocycles. The van der Waals surface area contributed by atoms with Gasteiger partial charge in [0.15, 0.2) is 0 Å². The standard InChI is InChI=1S/C40H51F4IN4O6/c1-38(2,3)55-37(52)47-18-14-28(15-19-47)49-22-32(25-6-9-29(53-4)10-7-25)39(41,24-49)36(51)48-21-31(33(45)23-48)30-11-8-27(40(42,43)44)20-34(30)46-16-12-26(13-17-46)35(50)54-5/h6-11,20,26,28,31-33H,12-19,21-24H2,1-5H3/t31?,32-,33-,39-/m0/s1. The number of ether oxygens (including phenoxy) is 3. The minimum Gasteiger partial charge on any atom is -0.497 e.